The summed E-state index contributed by atoms with van der Waals surface area (Å²) in [4.78, 5) is -0.187. The van der Waals surface area contributed by atoms with Gasteiger partial charge < -0.3 is 0 Å². The summed E-state index contributed by atoms with van der Waals surface area (Å²) >= 11 is 0. The van der Waals surface area contributed by atoms with Gasteiger partial charge in [-0.2, -0.15) is 22.7 Å². The van der Waals surface area contributed by atoms with Gasteiger partial charge in [0, 0.05) is 7.05 Å². The van der Waals surface area contributed by atoms with E-state index in [0.717, 1.165) is 7.05 Å². The highest BCUT2D eigenvalue weighted by atomic mass is 32.2. The smallest absolute Gasteiger partial charge is 0.207 e. The van der Waals surface area contributed by atoms with E-state index < -0.39 is 27.2 Å². The van der Waals surface area contributed by atoms with Crippen LogP contribution in [0, 0.1) is 11.3 Å². The number of benzene rings is 1. The molecule has 0 amide bonds. The maximum absolute atomic E-state index is 13.1. The van der Waals surface area contributed by atoms with Gasteiger partial charge in [-0.05, 0) is 43.4 Å². The van der Waals surface area contributed by atoms with E-state index in [1.807, 2.05) is 0 Å². The van der Waals surface area contributed by atoms with E-state index in [1.165, 1.54) is 24.3 Å². The number of hydrogen-bond acceptors (Lipinski definition) is 3. The second-order valence-corrected chi connectivity index (χ2v) is 8.19. The van der Waals surface area contributed by atoms with Crippen molar-refractivity contribution in [3.63, 3.8) is 0 Å². The quantitative estimate of drug-likeness (QED) is 0.844. The molecule has 2 aliphatic carbocycles. The molecule has 1 aromatic carbocycles. The lowest BCUT2D eigenvalue weighted by atomic mass is 9.98. The maximum atomic E-state index is 13.1. The lowest BCUT2D eigenvalue weighted by molar-refractivity contribution is -0.180. The van der Waals surface area contributed by atoms with E-state index in [9.17, 15) is 21.6 Å². The largest absolute Gasteiger partial charge is 0.407 e. The summed E-state index contributed by atoms with van der Waals surface area (Å²) in [5.74, 6) is 0. The highest BCUT2D eigenvalue weighted by Crippen LogP contribution is 2.54. The monoisotopic (exact) mass is 344 g/mol. The van der Waals surface area contributed by atoms with E-state index >= 15 is 0 Å². The Balaban J connectivity index is 1.91. The molecule has 4 nitrogen and oxygen atoms in total. The van der Waals surface area contributed by atoms with Crippen molar-refractivity contribution in [1.82, 2.24) is 4.31 Å². The molecule has 0 spiro atoms. The summed E-state index contributed by atoms with van der Waals surface area (Å²) in [6, 6.07) is 7.80. The van der Waals surface area contributed by atoms with Crippen LogP contribution in [0.1, 0.15) is 31.2 Å². The van der Waals surface area contributed by atoms with Crippen molar-refractivity contribution in [2.75, 3.05) is 7.05 Å². The Hall–Kier alpha value is -1.59. The van der Waals surface area contributed by atoms with E-state index in [-0.39, 0.29) is 17.7 Å². The van der Waals surface area contributed by atoms with Crippen molar-refractivity contribution >= 4 is 10.0 Å². The minimum Gasteiger partial charge on any atom is -0.207 e. The van der Waals surface area contributed by atoms with Gasteiger partial charge in [0.1, 0.15) is 5.54 Å². The molecule has 3 rings (SSSR count). The van der Waals surface area contributed by atoms with Crippen molar-refractivity contribution in [2.45, 2.75) is 47.7 Å². The summed E-state index contributed by atoms with van der Waals surface area (Å²) in [5.41, 5.74) is -2.13. The Labute approximate surface area is 132 Å². The van der Waals surface area contributed by atoms with Crippen LogP contribution in [0.5, 0.6) is 0 Å². The Morgan fingerprint density at radius 2 is 1.65 bits per heavy atom. The number of halogens is 3. The zero-order valence-corrected chi connectivity index (χ0v) is 13.2. The number of sulfonamides is 1. The minimum atomic E-state index is -4.59. The number of nitriles is 1. The molecular weight excluding hydrogens is 329 g/mol. The van der Waals surface area contributed by atoms with E-state index in [1.54, 1.807) is 0 Å². The minimum absolute atomic E-state index is 0.187. The molecule has 0 aromatic heterocycles. The molecule has 0 N–H and O–H groups in total. The number of rotatable bonds is 4. The summed E-state index contributed by atoms with van der Waals surface area (Å²) in [6.07, 6.45) is -3.60. The predicted molar refractivity (Wildman–Crippen MR) is 75.9 cm³/mol. The summed E-state index contributed by atoms with van der Waals surface area (Å²) < 4.78 is 64.8. The Morgan fingerprint density at radius 1 is 1.13 bits per heavy atom. The summed E-state index contributed by atoms with van der Waals surface area (Å²) in [6.45, 7) is 0. The van der Waals surface area contributed by atoms with Gasteiger partial charge >= 0.3 is 6.18 Å². The van der Waals surface area contributed by atoms with Crippen LogP contribution in [0.25, 0.3) is 0 Å². The topological polar surface area (TPSA) is 61.2 Å². The number of alkyl halides is 3. The van der Waals surface area contributed by atoms with Crippen molar-refractivity contribution < 1.29 is 21.6 Å². The Morgan fingerprint density at radius 3 is 2.00 bits per heavy atom. The molecule has 0 aliphatic heterocycles. The molecule has 0 saturated heterocycles. The van der Waals surface area contributed by atoms with E-state index in [0.29, 0.717) is 22.7 Å². The first-order valence-electron chi connectivity index (χ1n) is 7.17. The SMILES string of the molecule is CN(C1(C(F)(F)F)CC1)S(=O)(=O)c1ccc(C2(C#N)CC2)cc1. The first kappa shape index (κ1) is 16.3. The molecule has 0 atom stereocenters. The lowest BCUT2D eigenvalue weighted by Gasteiger charge is -2.29. The Kier molecular flexibility index (Phi) is 3.33. The third kappa shape index (κ3) is 2.34. The van der Waals surface area contributed by atoms with Crippen molar-refractivity contribution in [3.05, 3.63) is 29.8 Å². The fourth-order valence-electron chi connectivity index (χ4n) is 2.82. The zero-order chi connectivity index (χ0) is 17.1. The predicted octanol–water partition coefficient (Wildman–Crippen LogP) is 2.96. The van der Waals surface area contributed by atoms with Gasteiger partial charge in [-0.15, -0.1) is 0 Å². The first-order valence-corrected chi connectivity index (χ1v) is 8.61. The maximum Gasteiger partial charge on any atom is 0.407 e. The van der Waals surface area contributed by atoms with Crippen molar-refractivity contribution in [3.8, 4) is 6.07 Å². The highest BCUT2D eigenvalue weighted by Gasteiger charge is 2.68. The normalized spacial score (nSPS) is 21.7. The molecule has 23 heavy (non-hydrogen) atoms. The van der Waals surface area contributed by atoms with Crippen molar-refractivity contribution in [1.29, 1.82) is 5.26 Å². The molecule has 2 saturated carbocycles. The van der Waals surface area contributed by atoms with Crippen LogP contribution in [-0.2, 0) is 15.4 Å². The fourth-order valence-corrected chi connectivity index (χ4v) is 4.36. The number of hydrogen-bond donors (Lipinski definition) is 0. The average Bonchev–Trinajstić information content (AvgIpc) is 3.39. The summed E-state index contributed by atoms with van der Waals surface area (Å²) in [5, 5.41) is 9.13. The highest BCUT2D eigenvalue weighted by molar-refractivity contribution is 7.89. The van der Waals surface area contributed by atoms with Crippen LogP contribution in [-0.4, -0.2) is 31.5 Å². The van der Waals surface area contributed by atoms with Crippen LogP contribution >= 0.6 is 0 Å². The van der Waals surface area contributed by atoms with Gasteiger partial charge in [-0.3, -0.25) is 0 Å². The van der Waals surface area contributed by atoms with Gasteiger partial charge in [0.15, 0.2) is 0 Å². The molecule has 8 heteroatoms. The van der Waals surface area contributed by atoms with Gasteiger partial charge in [-0.1, -0.05) is 12.1 Å². The lowest BCUT2D eigenvalue weighted by Crippen LogP contribution is -2.48. The molecule has 0 unspecified atom stereocenters. The third-order valence-electron chi connectivity index (χ3n) is 4.88. The van der Waals surface area contributed by atoms with Crippen molar-refractivity contribution in [2.24, 2.45) is 0 Å². The van der Waals surface area contributed by atoms with Gasteiger partial charge in [-0.25, -0.2) is 8.42 Å². The van der Waals surface area contributed by atoms with Gasteiger partial charge in [0.05, 0.1) is 16.4 Å². The molecule has 2 aliphatic rings. The molecule has 0 radical (unpaired) electrons. The molecule has 124 valence electrons. The molecule has 2 fully saturated rings. The zero-order valence-electron chi connectivity index (χ0n) is 12.4. The standard InChI is InChI=1S/C15H15F3N2O2S/c1-20(14(8-9-14)15(16,17)18)23(21,22)12-4-2-11(3-5-12)13(10-19)6-7-13/h2-5H,6-9H2,1H3. The van der Waals surface area contributed by atoms with Crippen LogP contribution in [0.2, 0.25) is 0 Å². The second-order valence-electron chi connectivity index (χ2n) is 6.22. The molecular formula is C15H15F3N2O2S. The molecule has 0 heterocycles. The van der Waals surface area contributed by atoms with Crippen LogP contribution < -0.4 is 0 Å². The second kappa shape index (κ2) is 4.71. The Bertz CT molecular complexity index is 770. The van der Waals surface area contributed by atoms with Crippen LogP contribution in [0.15, 0.2) is 29.2 Å². The van der Waals surface area contributed by atoms with Gasteiger partial charge in [0.25, 0.3) is 0 Å². The molecule has 1 aromatic rings. The fraction of sp³-hybridized carbons (Fsp3) is 0.533. The van der Waals surface area contributed by atoms with E-state index in [4.69, 9.17) is 5.26 Å². The van der Waals surface area contributed by atoms with Crippen LogP contribution in [0.3, 0.4) is 0 Å². The third-order valence-corrected chi connectivity index (χ3v) is 6.82. The van der Waals surface area contributed by atoms with Crippen LogP contribution in [0.4, 0.5) is 13.2 Å². The number of nitrogens with zero attached hydrogens (tertiary/aromatic N) is 2. The average molecular weight is 344 g/mol. The summed E-state index contributed by atoms with van der Waals surface area (Å²) in [7, 11) is -3.26. The van der Waals surface area contributed by atoms with Gasteiger partial charge in [0.2, 0.25) is 10.0 Å². The molecule has 0 bridgehead atoms. The van der Waals surface area contributed by atoms with E-state index in [2.05, 4.69) is 6.07 Å². The first-order chi connectivity index (χ1) is 10.6.